The minimum absolute atomic E-state index is 0.0664. The maximum Gasteiger partial charge on any atom is 0.251 e. The largest absolute Gasteiger partial charge is 0.399 e. The van der Waals surface area contributed by atoms with E-state index in [-0.39, 0.29) is 5.91 Å². The van der Waals surface area contributed by atoms with Gasteiger partial charge in [0.1, 0.15) is 0 Å². The summed E-state index contributed by atoms with van der Waals surface area (Å²) in [6.45, 7) is 4.85. The Kier molecular flexibility index (Phi) is 6.32. The van der Waals surface area contributed by atoms with Crippen molar-refractivity contribution in [3.63, 3.8) is 0 Å². The Hall–Kier alpha value is -1.59. The summed E-state index contributed by atoms with van der Waals surface area (Å²) in [5.74, 6) is -0.0664. The molecule has 0 saturated carbocycles. The summed E-state index contributed by atoms with van der Waals surface area (Å²) in [7, 11) is 3.68. The monoisotopic (exact) mass is 265 g/mol. The molecule has 1 aromatic rings. The second kappa shape index (κ2) is 7.76. The molecule has 0 spiro atoms. The predicted molar refractivity (Wildman–Crippen MR) is 77.3 cm³/mol. The summed E-state index contributed by atoms with van der Waals surface area (Å²) in [5.41, 5.74) is 8.00. The smallest absolute Gasteiger partial charge is 0.251 e. The highest BCUT2D eigenvalue weighted by Gasteiger charge is 2.06. The molecule has 0 saturated heterocycles. The number of nitrogens with zero attached hydrogens (tertiary/aromatic N) is 1. The van der Waals surface area contributed by atoms with Gasteiger partial charge in [-0.25, -0.2) is 0 Å². The Labute approximate surface area is 114 Å². The molecular formula is C14H23N3O2. The van der Waals surface area contributed by atoms with Crippen LogP contribution in [0.25, 0.3) is 0 Å². The molecule has 1 rings (SSSR count). The van der Waals surface area contributed by atoms with Gasteiger partial charge in [-0.2, -0.15) is 0 Å². The van der Waals surface area contributed by atoms with E-state index in [2.05, 4.69) is 10.2 Å². The van der Waals surface area contributed by atoms with E-state index in [1.165, 1.54) is 0 Å². The molecule has 5 heteroatoms. The average Bonchev–Trinajstić information content (AvgIpc) is 2.39. The number of nitrogens with two attached hydrogens (primary N) is 1. The van der Waals surface area contributed by atoms with E-state index < -0.39 is 0 Å². The summed E-state index contributed by atoms with van der Waals surface area (Å²) in [5, 5.41) is 2.89. The first kappa shape index (κ1) is 15.5. The predicted octanol–water partition coefficient (Wildman–Crippen LogP) is 0.885. The fourth-order valence-electron chi connectivity index (χ4n) is 1.64. The van der Waals surface area contributed by atoms with E-state index in [1.807, 2.05) is 14.0 Å². The standard InChI is InChI=1S/C14H23N3O2/c1-11-10-12(4-5-13(11)15)14(18)16-6-7-17(2)8-9-19-3/h4-5,10H,6-9,15H2,1-3H3,(H,16,18). The first-order valence-corrected chi connectivity index (χ1v) is 6.36. The van der Waals surface area contributed by atoms with Gasteiger partial charge >= 0.3 is 0 Å². The van der Waals surface area contributed by atoms with Gasteiger partial charge in [0.15, 0.2) is 0 Å². The maximum atomic E-state index is 11.9. The van der Waals surface area contributed by atoms with Crippen LogP contribution in [0.4, 0.5) is 5.69 Å². The number of benzene rings is 1. The van der Waals surface area contributed by atoms with Gasteiger partial charge in [-0.15, -0.1) is 0 Å². The summed E-state index contributed by atoms with van der Waals surface area (Å²) >= 11 is 0. The van der Waals surface area contributed by atoms with Crippen LogP contribution in [-0.2, 0) is 4.74 Å². The van der Waals surface area contributed by atoms with Crippen LogP contribution < -0.4 is 11.1 Å². The van der Waals surface area contributed by atoms with Gasteiger partial charge in [0.25, 0.3) is 5.91 Å². The van der Waals surface area contributed by atoms with Gasteiger partial charge in [0.05, 0.1) is 6.61 Å². The molecule has 0 aliphatic heterocycles. The Morgan fingerprint density at radius 2 is 2.16 bits per heavy atom. The molecule has 0 aliphatic rings. The van der Waals surface area contributed by atoms with Crippen LogP contribution in [-0.4, -0.2) is 51.2 Å². The highest BCUT2D eigenvalue weighted by molar-refractivity contribution is 5.94. The Morgan fingerprint density at radius 1 is 1.42 bits per heavy atom. The van der Waals surface area contributed by atoms with Gasteiger partial charge in [0.2, 0.25) is 0 Å². The number of methoxy groups -OCH3 is 1. The normalized spacial score (nSPS) is 10.7. The quantitative estimate of drug-likeness (QED) is 0.718. The van der Waals surface area contributed by atoms with Crippen molar-refractivity contribution in [1.29, 1.82) is 0 Å². The number of amides is 1. The van der Waals surface area contributed by atoms with Crippen molar-refractivity contribution in [2.75, 3.05) is 46.1 Å². The zero-order valence-electron chi connectivity index (χ0n) is 11.9. The zero-order chi connectivity index (χ0) is 14.3. The Morgan fingerprint density at radius 3 is 2.79 bits per heavy atom. The molecule has 0 atom stereocenters. The molecule has 0 bridgehead atoms. The Bertz CT molecular complexity index is 421. The van der Waals surface area contributed by atoms with Crippen molar-refractivity contribution in [3.8, 4) is 0 Å². The van der Waals surface area contributed by atoms with E-state index in [0.717, 1.165) is 18.7 Å². The first-order chi connectivity index (χ1) is 9.04. The van der Waals surface area contributed by atoms with Crippen LogP contribution in [0.2, 0.25) is 0 Å². The summed E-state index contributed by atoms with van der Waals surface area (Å²) in [6, 6.07) is 5.31. The van der Waals surface area contributed by atoms with Crippen molar-refractivity contribution in [3.05, 3.63) is 29.3 Å². The molecule has 0 radical (unpaired) electrons. The van der Waals surface area contributed by atoms with E-state index in [0.29, 0.717) is 24.4 Å². The van der Waals surface area contributed by atoms with E-state index in [1.54, 1.807) is 25.3 Å². The lowest BCUT2D eigenvalue weighted by Crippen LogP contribution is -2.34. The lowest BCUT2D eigenvalue weighted by molar-refractivity contribution is 0.0947. The van der Waals surface area contributed by atoms with Gasteiger partial charge < -0.3 is 20.7 Å². The second-order valence-electron chi connectivity index (χ2n) is 4.62. The number of ether oxygens (including phenoxy) is 1. The van der Waals surface area contributed by atoms with E-state index >= 15 is 0 Å². The van der Waals surface area contributed by atoms with Gasteiger partial charge in [0, 0.05) is 38.0 Å². The molecule has 0 heterocycles. The fourth-order valence-corrected chi connectivity index (χ4v) is 1.64. The summed E-state index contributed by atoms with van der Waals surface area (Å²) in [4.78, 5) is 14.0. The van der Waals surface area contributed by atoms with Crippen LogP contribution >= 0.6 is 0 Å². The summed E-state index contributed by atoms with van der Waals surface area (Å²) in [6.07, 6.45) is 0. The molecule has 5 nitrogen and oxygen atoms in total. The van der Waals surface area contributed by atoms with Gasteiger partial charge in [-0.05, 0) is 37.7 Å². The molecule has 0 unspecified atom stereocenters. The SMILES string of the molecule is COCCN(C)CCNC(=O)c1ccc(N)c(C)c1. The molecule has 19 heavy (non-hydrogen) atoms. The van der Waals surface area contributed by atoms with Crippen molar-refractivity contribution in [2.45, 2.75) is 6.92 Å². The third-order valence-corrected chi connectivity index (χ3v) is 2.99. The van der Waals surface area contributed by atoms with E-state index in [9.17, 15) is 4.79 Å². The molecular weight excluding hydrogens is 242 g/mol. The average molecular weight is 265 g/mol. The fraction of sp³-hybridized carbons (Fsp3) is 0.500. The number of aryl methyl sites for hydroxylation is 1. The van der Waals surface area contributed by atoms with Gasteiger partial charge in [-0.1, -0.05) is 0 Å². The minimum Gasteiger partial charge on any atom is -0.399 e. The van der Waals surface area contributed by atoms with Crippen LogP contribution in [0.5, 0.6) is 0 Å². The van der Waals surface area contributed by atoms with Gasteiger partial charge in [-0.3, -0.25) is 4.79 Å². The molecule has 0 aliphatic carbocycles. The number of hydrogen-bond donors (Lipinski definition) is 2. The molecule has 1 amide bonds. The van der Waals surface area contributed by atoms with Crippen LogP contribution in [0, 0.1) is 6.92 Å². The molecule has 0 fully saturated rings. The topological polar surface area (TPSA) is 67.6 Å². The first-order valence-electron chi connectivity index (χ1n) is 6.36. The number of rotatable bonds is 7. The highest BCUT2D eigenvalue weighted by atomic mass is 16.5. The third-order valence-electron chi connectivity index (χ3n) is 2.99. The number of anilines is 1. The molecule has 1 aromatic carbocycles. The summed E-state index contributed by atoms with van der Waals surface area (Å²) < 4.78 is 4.99. The third kappa shape index (κ3) is 5.28. The van der Waals surface area contributed by atoms with Crippen molar-refractivity contribution < 1.29 is 9.53 Å². The van der Waals surface area contributed by atoms with E-state index in [4.69, 9.17) is 10.5 Å². The number of nitrogen functional groups attached to an aromatic ring is 1. The second-order valence-corrected chi connectivity index (χ2v) is 4.62. The van der Waals surface area contributed by atoms with Crippen molar-refractivity contribution in [2.24, 2.45) is 0 Å². The molecule has 0 aromatic heterocycles. The van der Waals surface area contributed by atoms with Crippen LogP contribution in [0.1, 0.15) is 15.9 Å². The number of carbonyl (C=O) groups is 1. The lowest BCUT2D eigenvalue weighted by atomic mass is 10.1. The van der Waals surface area contributed by atoms with Crippen LogP contribution in [0.15, 0.2) is 18.2 Å². The van der Waals surface area contributed by atoms with Crippen LogP contribution in [0.3, 0.4) is 0 Å². The van der Waals surface area contributed by atoms with Crippen molar-refractivity contribution in [1.82, 2.24) is 10.2 Å². The van der Waals surface area contributed by atoms with Crippen molar-refractivity contribution >= 4 is 11.6 Å². The zero-order valence-corrected chi connectivity index (χ0v) is 11.9. The number of hydrogen-bond acceptors (Lipinski definition) is 4. The number of carbonyl (C=O) groups excluding carboxylic acids is 1. The Balaban J connectivity index is 2.37. The number of nitrogens with one attached hydrogen (secondary N) is 1. The minimum atomic E-state index is -0.0664. The molecule has 106 valence electrons. The highest BCUT2D eigenvalue weighted by Crippen LogP contribution is 2.12. The lowest BCUT2D eigenvalue weighted by Gasteiger charge is -2.16. The maximum absolute atomic E-state index is 11.9. The molecule has 3 N–H and O–H groups in total. The number of likely N-dealkylation sites (N-methyl/N-ethyl adjacent to an activating group) is 1.